The van der Waals surface area contributed by atoms with E-state index in [1.807, 2.05) is 19.1 Å². The zero-order chi connectivity index (χ0) is 29.5. The Kier molecular flexibility index (Phi) is 7.06. The number of carboxylic acid groups (broad SMARTS) is 1. The highest BCUT2D eigenvalue weighted by Gasteiger charge is 2.31. The first-order valence-electron chi connectivity index (χ1n) is 12.6. The molecule has 0 saturated heterocycles. The molecule has 1 atom stereocenters. The molecule has 5 aromatic rings. The maximum Gasteiger partial charge on any atom is 0.411 e. The van der Waals surface area contributed by atoms with Crippen LogP contribution in [-0.2, 0) is 0 Å². The molecule has 6 rings (SSSR count). The van der Waals surface area contributed by atoms with Gasteiger partial charge in [0, 0.05) is 17.2 Å². The fourth-order valence-electron chi connectivity index (χ4n) is 4.70. The van der Waals surface area contributed by atoms with Crippen molar-refractivity contribution in [2.45, 2.75) is 19.5 Å². The van der Waals surface area contributed by atoms with Gasteiger partial charge < -0.3 is 24.1 Å². The first-order valence-corrected chi connectivity index (χ1v) is 13.4. The van der Waals surface area contributed by atoms with Gasteiger partial charge in [-0.2, -0.15) is 0 Å². The number of aryl methyl sites for hydroxylation is 1. The Morgan fingerprint density at radius 2 is 1.93 bits per heavy atom. The minimum absolute atomic E-state index is 0.0185. The number of halogens is 2. The number of fused-ring (bicyclic) bond motifs is 4. The number of nitrogens with zero attached hydrogens (tertiary/aromatic N) is 5. The topological polar surface area (TPSA) is 129 Å². The molecule has 1 aliphatic heterocycles. The number of methoxy groups -OCH3 is 2. The zero-order valence-electron chi connectivity index (χ0n) is 22.5. The van der Waals surface area contributed by atoms with Crippen molar-refractivity contribution in [2.75, 3.05) is 32.3 Å². The van der Waals surface area contributed by atoms with E-state index >= 15 is 0 Å². The second-order valence-electron chi connectivity index (χ2n) is 9.39. The molecule has 1 aliphatic rings. The number of carbonyl (C=O) groups is 1. The van der Waals surface area contributed by atoms with Crippen LogP contribution in [-0.4, -0.2) is 64.6 Å². The number of amides is 1. The monoisotopic (exact) mass is 595 g/mol. The summed E-state index contributed by atoms with van der Waals surface area (Å²) >= 11 is 1.18. The van der Waals surface area contributed by atoms with Crippen molar-refractivity contribution in [3.8, 4) is 33.8 Å². The molecule has 14 heteroatoms. The number of anilines is 1. The fraction of sp³-hybridized carbons (Fsp3) is 0.250. The predicted molar refractivity (Wildman–Crippen MR) is 150 cm³/mol. The van der Waals surface area contributed by atoms with Crippen LogP contribution in [0.15, 0.2) is 42.7 Å². The first-order chi connectivity index (χ1) is 20.2. The number of hydrogen-bond donors (Lipinski definition) is 1. The second kappa shape index (κ2) is 10.9. The number of rotatable bonds is 7. The van der Waals surface area contributed by atoms with E-state index < -0.39 is 18.6 Å². The maximum atomic E-state index is 14.3. The average Bonchev–Trinajstić information content (AvgIpc) is 3.44. The minimum atomic E-state index is -2.85. The number of pyridine rings is 1. The van der Waals surface area contributed by atoms with E-state index in [0.717, 1.165) is 10.5 Å². The van der Waals surface area contributed by atoms with Gasteiger partial charge in [0.25, 0.3) is 6.43 Å². The van der Waals surface area contributed by atoms with E-state index in [0.29, 0.717) is 43.8 Å². The van der Waals surface area contributed by atoms with Crippen molar-refractivity contribution >= 4 is 44.4 Å². The van der Waals surface area contributed by atoms with Crippen LogP contribution in [0.25, 0.3) is 31.8 Å². The molecule has 11 nitrogen and oxygen atoms in total. The van der Waals surface area contributed by atoms with Crippen molar-refractivity contribution in [1.82, 2.24) is 19.9 Å². The molecule has 0 saturated carbocycles. The third kappa shape index (κ3) is 4.93. The lowest BCUT2D eigenvalue weighted by molar-refractivity contribution is 0.0949. The standard InChI is InChI=1S/C28H23F2N5O6S/c1-13-6-17(22-18(7-13)33-21(39-3)10-32-22)27-34-23-16(26(29)30)8-19-24(25(23)42-27)40-12-15(41-19)11-35(28(36)37)14-4-5-20(38-2)31-9-14/h4-10,15,26H,11-12H2,1-3H3,(H,36,37)/t15-/m1/s1. The fourth-order valence-corrected chi connectivity index (χ4v) is 5.81. The van der Waals surface area contributed by atoms with Crippen molar-refractivity contribution in [2.24, 2.45) is 0 Å². The normalized spacial score (nSPS) is 14.4. The Morgan fingerprint density at radius 1 is 1.12 bits per heavy atom. The summed E-state index contributed by atoms with van der Waals surface area (Å²) in [4.78, 5) is 30.7. The lowest BCUT2D eigenvalue weighted by atomic mass is 10.1. The molecule has 0 unspecified atom stereocenters. The van der Waals surface area contributed by atoms with E-state index in [4.69, 9.17) is 18.9 Å². The quantitative estimate of drug-likeness (QED) is 0.243. The summed E-state index contributed by atoms with van der Waals surface area (Å²) in [7, 11) is 2.95. The van der Waals surface area contributed by atoms with Gasteiger partial charge in [0.05, 0.1) is 55.4 Å². The van der Waals surface area contributed by atoms with Gasteiger partial charge in [-0.1, -0.05) is 0 Å². The number of aromatic nitrogens is 4. The van der Waals surface area contributed by atoms with Crippen LogP contribution < -0.4 is 23.8 Å². The Balaban J connectivity index is 1.38. The molecular weight excluding hydrogens is 572 g/mol. The van der Waals surface area contributed by atoms with Gasteiger partial charge in [-0.3, -0.25) is 4.90 Å². The van der Waals surface area contributed by atoms with Gasteiger partial charge in [0.15, 0.2) is 17.6 Å². The smallest absolute Gasteiger partial charge is 0.411 e. The van der Waals surface area contributed by atoms with Gasteiger partial charge in [-0.05, 0) is 36.8 Å². The van der Waals surface area contributed by atoms with Crippen molar-refractivity contribution in [1.29, 1.82) is 0 Å². The van der Waals surface area contributed by atoms with E-state index in [1.165, 1.54) is 50.1 Å². The van der Waals surface area contributed by atoms with Crippen LogP contribution in [0.3, 0.4) is 0 Å². The van der Waals surface area contributed by atoms with Gasteiger partial charge in [-0.15, -0.1) is 11.3 Å². The van der Waals surface area contributed by atoms with E-state index in [2.05, 4.69) is 19.9 Å². The molecule has 0 bridgehead atoms. The van der Waals surface area contributed by atoms with Gasteiger partial charge >= 0.3 is 6.09 Å². The molecule has 1 amide bonds. The zero-order valence-corrected chi connectivity index (χ0v) is 23.3. The van der Waals surface area contributed by atoms with Gasteiger partial charge in [0.1, 0.15) is 16.3 Å². The average molecular weight is 596 g/mol. The highest BCUT2D eigenvalue weighted by Crippen LogP contribution is 2.48. The summed E-state index contributed by atoms with van der Waals surface area (Å²) in [6.07, 6.45) is -2.02. The second-order valence-corrected chi connectivity index (χ2v) is 10.4. The molecule has 0 spiro atoms. The molecular formula is C28H23F2N5O6S. The van der Waals surface area contributed by atoms with Crippen LogP contribution in [0, 0.1) is 6.92 Å². The molecule has 42 heavy (non-hydrogen) atoms. The predicted octanol–water partition coefficient (Wildman–Crippen LogP) is 5.89. The lowest BCUT2D eigenvalue weighted by Crippen LogP contribution is -2.43. The summed E-state index contributed by atoms with van der Waals surface area (Å²) in [6.45, 7) is 1.74. The molecule has 0 radical (unpaired) electrons. The Labute approximate surface area is 241 Å². The van der Waals surface area contributed by atoms with Crippen LogP contribution >= 0.6 is 11.3 Å². The van der Waals surface area contributed by atoms with E-state index in [-0.39, 0.29) is 35.7 Å². The summed E-state index contributed by atoms with van der Waals surface area (Å²) < 4.78 is 51.3. The summed E-state index contributed by atoms with van der Waals surface area (Å²) in [5, 5.41) is 10.3. The SMILES string of the molecule is COc1ccc(N(C[C@@H]2COc3c(cc(C(F)F)c4nc(-c5cc(C)cc6nc(OC)cnc56)sc34)O2)C(=O)O)cn1. The summed E-state index contributed by atoms with van der Waals surface area (Å²) in [6, 6.07) is 8.01. The third-order valence-electron chi connectivity index (χ3n) is 6.63. The third-order valence-corrected chi connectivity index (χ3v) is 7.71. The molecule has 2 aromatic carbocycles. The summed E-state index contributed by atoms with van der Waals surface area (Å²) in [5.74, 6) is 1.03. The highest BCUT2D eigenvalue weighted by molar-refractivity contribution is 7.22. The van der Waals surface area contributed by atoms with E-state index in [9.17, 15) is 18.7 Å². The molecule has 1 N–H and O–H groups in total. The van der Waals surface area contributed by atoms with Crippen molar-refractivity contribution in [3.05, 3.63) is 53.9 Å². The molecule has 3 aromatic heterocycles. The van der Waals surface area contributed by atoms with Crippen molar-refractivity contribution < 1.29 is 37.6 Å². The number of hydrogen-bond acceptors (Lipinski definition) is 10. The Hall–Kier alpha value is -4.85. The summed E-state index contributed by atoms with van der Waals surface area (Å²) in [5.41, 5.74) is 2.71. The maximum absolute atomic E-state index is 14.3. The number of benzene rings is 2. The Bertz CT molecular complexity index is 1820. The molecule has 216 valence electrons. The lowest BCUT2D eigenvalue weighted by Gasteiger charge is -2.30. The highest BCUT2D eigenvalue weighted by atomic mass is 32.1. The number of alkyl halides is 2. The van der Waals surface area contributed by atoms with Crippen LogP contribution in [0.4, 0.5) is 19.3 Å². The number of ether oxygens (including phenoxy) is 4. The van der Waals surface area contributed by atoms with E-state index in [1.54, 1.807) is 6.07 Å². The largest absolute Gasteiger partial charge is 0.484 e. The van der Waals surface area contributed by atoms with Crippen LogP contribution in [0.2, 0.25) is 0 Å². The van der Waals surface area contributed by atoms with Gasteiger partial charge in [0.2, 0.25) is 11.8 Å². The van der Waals surface area contributed by atoms with Gasteiger partial charge in [-0.25, -0.2) is 33.5 Å². The molecule has 0 aliphatic carbocycles. The molecule has 0 fully saturated rings. The first kappa shape index (κ1) is 27.3. The van der Waals surface area contributed by atoms with Crippen molar-refractivity contribution in [3.63, 3.8) is 0 Å². The minimum Gasteiger partial charge on any atom is -0.484 e. The molecule has 4 heterocycles. The van der Waals surface area contributed by atoms with Crippen LogP contribution in [0.1, 0.15) is 17.6 Å². The van der Waals surface area contributed by atoms with Crippen LogP contribution in [0.5, 0.6) is 23.3 Å². The Morgan fingerprint density at radius 3 is 2.62 bits per heavy atom. The number of thiazole rings is 1.